The molecule has 0 unspecified atom stereocenters. The Hall–Kier alpha value is -3.08. The van der Waals surface area contributed by atoms with E-state index in [9.17, 15) is 19.7 Å². The van der Waals surface area contributed by atoms with Gasteiger partial charge in [-0.15, -0.1) is 0 Å². The Labute approximate surface area is 126 Å². The van der Waals surface area contributed by atoms with Crippen molar-refractivity contribution in [3.05, 3.63) is 87.0 Å². The standard InChI is InChI=1S/C17H11NO4/c19-16-10-12(17(20)15-7-2-1-6-14(15)16)8-11-4-3-5-13(9-11)18(21)22/h1-7,9-10H,8H2. The number of carbonyl (C=O) groups is 2. The highest BCUT2D eigenvalue weighted by Crippen LogP contribution is 2.24. The van der Waals surface area contributed by atoms with Crippen LogP contribution >= 0.6 is 0 Å². The van der Waals surface area contributed by atoms with Crippen LogP contribution in [-0.4, -0.2) is 16.5 Å². The number of rotatable bonds is 3. The van der Waals surface area contributed by atoms with Crippen LogP contribution in [0.4, 0.5) is 5.69 Å². The van der Waals surface area contributed by atoms with Crippen LogP contribution in [0.2, 0.25) is 0 Å². The molecule has 3 rings (SSSR count). The third-order valence-electron chi connectivity index (χ3n) is 3.55. The van der Waals surface area contributed by atoms with Gasteiger partial charge < -0.3 is 0 Å². The number of nitrogens with zero attached hydrogens (tertiary/aromatic N) is 1. The molecule has 0 spiro atoms. The van der Waals surface area contributed by atoms with Crippen molar-refractivity contribution in [1.82, 2.24) is 0 Å². The van der Waals surface area contributed by atoms with Gasteiger partial charge in [-0.1, -0.05) is 36.4 Å². The van der Waals surface area contributed by atoms with Gasteiger partial charge in [-0.25, -0.2) is 0 Å². The van der Waals surface area contributed by atoms with Gasteiger partial charge in [0.05, 0.1) is 4.92 Å². The van der Waals surface area contributed by atoms with Gasteiger partial charge in [0.2, 0.25) is 0 Å². The molecular weight excluding hydrogens is 282 g/mol. The summed E-state index contributed by atoms with van der Waals surface area (Å²) in [6.45, 7) is 0. The number of hydrogen-bond donors (Lipinski definition) is 0. The smallest absolute Gasteiger partial charge is 0.269 e. The molecule has 108 valence electrons. The Balaban J connectivity index is 1.94. The third-order valence-corrected chi connectivity index (χ3v) is 3.55. The molecule has 0 saturated carbocycles. The molecule has 2 aromatic rings. The number of nitro groups is 1. The van der Waals surface area contributed by atoms with E-state index in [-0.39, 0.29) is 23.7 Å². The van der Waals surface area contributed by atoms with Crippen LogP contribution in [0.3, 0.4) is 0 Å². The average Bonchev–Trinajstić information content (AvgIpc) is 2.52. The molecule has 1 aliphatic carbocycles. The summed E-state index contributed by atoms with van der Waals surface area (Å²) in [6.07, 6.45) is 1.52. The quantitative estimate of drug-likeness (QED) is 0.643. The van der Waals surface area contributed by atoms with Crippen LogP contribution in [0.5, 0.6) is 0 Å². The maximum absolute atomic E-state index is 12.4. The SMILES string of the molecule is O=C1C=C(Cc2cccc([N+](=O)[O-])c2)C(=O)c2ccccc21. The molecule has 2 aromatic carbocycles. The highest BCUT2D eigenvalue weighted by molar-refractivity contribution is 6.24. The van der Waals surface area contributed by atoms with E-state index >= 15 is 0 Å². The fourth-order valence-electron chi connectivity index (χ4n) is 2.50. The second-order valence-corrected chi connectivity index (χ2v) is 5.01. The van der Waals surface area contributed by atoms with Gasteiger partial charge in [0, 0.05) is 35.3 Å². The van der Waals surface area contributed by atoms with E-state index in [0.29, 0.717) is 22.3 Å². The summed E-state index contributed by atoms with van der Waals surface area (Å²) >= 11 is 0. The zero-order valence-corrected chi connectivity index (χ0v) is 11.5. The molecule has 0 amide bonds. The van der Waals surface area contributed by atoms with Gasteiger partial charge in [-0.05, 0) is 11.6 Å². The summed E-state index contributed by atoms with van der Waals surface area (Å²) < 4.78 is 0. The lowest BCUT2D eigenvalue weighted by Crippen LogP contribution is -2.18. The fraction of sp³-hybridized carbons (Fsp3) is 0.0588. The van der Waals surface area contributed by atoms with Gasteiger partial charge in [-0.3, -0.25) is 19.7 Å². The van der Waals surface area contributed by atoms with E-state index in [1.807, 2.05) is 0 Å². The molecule has 0 fully saturated rings. The first kappa shape index (κ1) is 13.9. The van der Waals surface area contributed by atoms with Crippen LogP contribution in [0.15, 0.2) is 60.2 Å². The van der Waals surface area contributed by atoms with Crippen LogP contribution in [0.1, 0.15) is 26.3 Å². The highest BCUT2D eigenvalue weighted by Gasteiger charge is 2.25. The van der Waals surface area contributed by atoms with Crippen molar-refractivity contribution in [2.24, 2.45) is 0 Å². The predicted molar refractivity (Wildman–Crippen MR) is 80.0 cm³/mol. The van der Waals surface area contributed by atoms with Gasteiger partial charge in [-0.2, -0.15) is 0 Å². The summed E-state index contributed by atoms with van der Waals surface area (Å²) in [7, 11) is 0. The summed E-state index contributed by atoms with van der Waals surface area (Å²) in [6, 6.07) is 12.7. The molecule has 0 saturated heterocycles. The van der Waals surface area contributed by atoms with Crippen LogP contribution < -0.4 is 0 Å². The molecule has 5 nitrogen and oxygen atoms in total. The largest absolute Gasteiger partial charge is 0.289 e. The minimum Gasteiger partial charge on any atom is -0.289 e. The molecule has 5 heteroatoms. The van der Waals surface area contributed by atoms with Crippen LogP contribution in [0, 0.1) is 10.1 Å². The van der Waals surface area contributed by atoms with Crippen molar-refractivity contribution in [3.8, 4) is 0 Å². The fourth-order valence-corrected chi connectivity index (χ4v) is 2.50. The summed E-state index contributed by atoms with van der Waals surface area (Å²) in [5.41, 5.74) is 1.73. The van der Waals surface area contributed by atoms with E-state index < -0.39 is 4.92 Å². The van der Waals surface area contributed by atoms with Crippen molar-refractivity contribution < 1.29 is 14.5 Å². The number of benzene rings is 2. The molecule has 0 heterocycles. The monoisotopic (exact) mass is 293 g/mol. The molecule has 0 aliphatic heterocycles. The molecule has 22 heavy (non-hydrogen) atoms. The molecular formula is C17H11NO4. The van der Waals surface area contributed by atoms with E-state index in [1.54, 1.807) is 36.4 Å². The Morgan fingerprint density at radius 2 is 1.68 bits per heavy atom. The second kappa shape index (κ2) is 5.37. The Kier molecular flexibility index (Phi) is 3.39. The average molecular weight is 293 g/mol. The van der Waals surface area contributed by atoms with Crippen LogP contribution in [-0.2, 0) is 6.42 Å². The van der Waals surface area contributed by atoms with Gasteiger partial charge in [0.25, 0.3) is 5.69 Å². The first-order valence-electron chi connectivity index (χ1n) is 6.68. The number of non-ortho nitro benzene ring substituents is 1. The number of nitro benzene ring substituents is 1. The van der Waals surface area contributed by atoms with Gasteiger partial charge in [0.15, 0.2) is 11.6 Å². The first-order chi connectivity index (χ1) is 10.6. The number of carbonyl (C=O) groups excluding carboxylic acids is 2. The number of ketones is 2. The molecule has 0 aromatic heterocycles. The zero-order chi connectivity index (χ0) is 15.7. The van der Waals surface area contributed by atoms with Crippen molar-refractivity contribution in [2.75, 3.05) is 0 Å². The van der Waals surface area contributed by atoms with E-state index in [4.69, 9.17) is 0 Å². The Bertz CT molecular complexity index is 836. The number of hydrogen-bond acceptors (Lipinski definition) is 4. The summed E-state index contributed by atoms with van der Waals surface area (Å²) in [4.78, 5) is 34.8. The minimum atomic E-state index is -0.485. The Morgan fingerprint density at radius 3 is 2.41 bits per heavy atom. The predicted octanol–water partition coefficient (Wildman–Crippen LogP) is 3.14. The maximum Gasteiger partial charge on any atom is 0.269 e. The number of allylic oxidation sites excluding steroid dienone is 2. The Morgan fingerprint density at radius 1 is 0.955 bits per heavy atom. The number of Topliss-reactive ketones (excluding diaryl/α,β-unsaturated/α-hetero) is 1. The summed E-state index contributed by atoms with van der Waals surface area (Å²) in [5, 5.41) is 10.8. The highest BCUT2D eigenvalue weighted by atomic mass is 16.6. The van der Waals surface area contributed by atoms with Crippen molar-refractivity contribution in [2.45, 2.75) is 6.42 Å². The van der Waals surface area contributed by atoms with Gasteiger partial charge in [0.1, 0.15) is 0 Å². The first-order valence-corrected chi connectivity index (χ1v) is 6.68. The van der Waals surface area contributed by atoms with Gasteiger partial charge >= 0.3 is 0 Å². The third kappa shape index (κ3) is 2.44. The van der Waals surface area contributed by atoms with Crippen molar-refractivity contribution in [3.63, 3.8) is 0 Å². The second-order valence-electron chi connectivity index (χ2n) is 5.01. The molecule has 0 atom stereocenters. The van der Waals surface area contributed by atoms with E-state index in [2.05, 4.69) is 0 Å². The summed E-state index contributed by atoms with van der Waals surface area (Å²) in [5.74, 6) is -0.419. The number of fused-ring (bicyclic) bond motifs is 1. The van der Waals surface area contributed by atoms with Crippen molar-refractivity contribution >= 4 is 17.3 Å². The van der Waals surface area contributed by atoms with Crippen LogP contribution in [0.25, 0.3) is 0 Å². The molecule has 1 aliphatic rings. The molecule has 0 bridgehead atoms. The minimum absolute atomic E-state index is 0.0342. The lowest BCUT2D eigenvalue weighted by molar-refractivity contribution is -0.384. The van der Waals surface area contributed by atoms with E-state index in [0.717, 1.165) is 0 Å². The lowest BCUT2D eigenvalue weighted by atomic mass is 9.87. The topological polar surface area (TPSA) is 77.3 Å². The van der Waals surface area contributed by atoms with Crippen molar-refractivity contribution in [1.29, 1.82) is 0 Å². The molecule has 0 radical (unpaired) electrons. The normalized spacial score (nSPS) is 13.5. The molecule has 0 N–H and O–H groups in total. The zero-order valence-electron chi connectivity index (χ0n) is 11.5. The lowest BCUT2D eigenvalue weighted by Gasteiger charge is -2.14. The maximum atomic E-state index is 12.4. The van der Waals surface area contributed by atoms with E-state index in [1.165, 1.54) is 18.2 Å².